The molecule has 1 aliphatic carbocycles. The minimum Gasteiger partial charge on any atom is -0.324 e. The molecule has 17 heavy (non-hydrogen) atoms. The summed E-state index contributed by atoms with van der Waals surface area (Å²) in [5, 5.41) is 0. The van der Waals surface area contributed by atoms with E-state index >= 15 is 0 Å². The van der Waals surface area contributed by atoms with Crippen molar-refractivity contribution in [1.29, 1.82) is 0 Å². The largest absolute Gasteiger partial charge is 0.324 e. The van der Waals surface area contributed by atoms with Gasteiger partial charge in [0.2, 0.25) is 0 Å². The number of nitrogens with two attached hydrogens (primary N) is 1. The first kappa shape index (κ1) is 12.6. The molecule has 2 rings (SSSR count). The Balaban J connectivity index is 2.25. The van der Waals surface area contributed by atoms with E-state index in [9.17, 15) is 4.39 Å². The van der Waals surface area contributed by atoms with Gasteiger partial charge in [-0.25, -0.2) is 4.39 Å². The normalized spacial score (nSPS) is 24.9. The summed E-state index contributed by atoms with van der Waals surface area (Å²) in [6.45, 7) is 6.33. The first-order valence-electron chi connectivity index (χ1n) is 6.43. The molecule has 0 aromatic heterocycles. The summed E-state index contributed by atoms with van der Waals surface area (Å²) in [5.74, 6) is 0.318. The third-order valence-corrected chi connectivity index (χ3v) is 4.35. The van der Waals surface area contributed by atoms with Crippen LogP contribution in [-0.2, 0) is 0 Å². The average Bonchev–Trinajstić information content (AvgIpc) is 2.61. The molecule has 0 bridgehead atoms. The molecule has 0 aliphatic heterocycles. The van der Waals surface area contributed by atoms with E-state index in [0.717, 1.165) is 12.0 Å². The standard InChI is InChI=1S/C15H22FN/c1-10-6-7-11(9-13(10)16)14(17)12-5-4-8-15(12,2)3/h6-7,9,12,14H,4-5,8,17H2,1-3H3. The molecule has 2 atom stereocenters. The Morgan fingerprint density at radius 2 is 2.12 bits per heavy atom. The quantitative estimate of drug-likeness (QED) is 0.825. The van der Waals surface area contributed by atoms with Gasteiger partial charge in [-0.2, -0.15) is 0 Å². The lowest BCUT2D eigenvalue weighted by Crippen LogP contribution is -2.29. The number of hydrogen-bond donors (Lipinski definition) is 1. The van der Waals surface area contributed by atoms with E-state index in [4.69, 9.17) is 5.73 Å². The molecule has 2 unspecified atom stereocenters. The molecular formula is C15H22FN. The van der Waals surface area contributed by atoms with Gasteiger partial charge in [0, 0.05) is 6.04 Å². The van der Waals surface area contributed by atoms with E-state index in [2.05, 4.69) is 13.8 Å². The van der Waals surface area contributed by atoms with Crippen LogP contribution in [0.15, 0.2) is 18.2 Å². The maximum Gasteiger partial charge on any atom is 0.126 e. The van der Waals surface area contributed by atoms with E-state index in [1.807, 2.05) is 12.1 Å². The highest BCUT2D eigenvalue weighted by atomic mass is 19.1. The summed E-state index contributed by atoms with van der Waals surface area (Å²) < 4.78 is 13.6. The lowest BCUT2D eigenvalue weighted by molar-refractivity contribution is 0.222. The van der Waals surface area contributed by atoms with Gasteiger partial charge in [-0.15, -0.1) is 0 Å². The van der Waals surface area contributed by atoms with E-state index in [1.54, 1.807) is 13.0 Å². The Kier molecular flexibility index (Phi) is 3.26. The van der Waals surface area contributed by atoms with E-state index in [1.165, 1.54) is 12.8 Å². The second-order valence-corrected chi connectivity index (χ2v) is 6.02. The highest BCUT2D eigenvalue weighted by Gasteiger charge is 2.38. The van der Waals surface area contributed by atoms with Crippen molar-refractivity contribution < 1.29 is 4.39 Å². The molecule has 0 radical (unpaired) electrons. The molecule has 1 nitrogen and oxygen atoms in total. The van der Waals surface area contributed by atoms with Crippen LogP contribution < -0.4 is 5.73 Å². The molecule has 1 saturated carbocycles. The van der Waals surface area contributed by atoms with Crippen LogP contribution >= 0.6 is 0 Å². The van der Waals surface area contributed by atoms with Gasteiger partial charge in [-0.3, -0.25) is 0 Å². The number of aryl methyl sites for hydroxylation is 1. The van der Waals surface area contributed by atoms with Crippen molar-refractivity contribution in [3.05, 3.63) is 35.1 Å². The Morgan fingerprint density at radius 3 is 2.65 bits per heavy atom. The van der Waals surface area contributed by atoms with Gasteiger partial charge in [0.25, 0.3) is 0 Å². The molecular weight excluding hydrogens is 213 g/mol. The van der Waals surface area contributed by atoms with Gasteiger partial charge >= 0.3 is 0 Å². The van der Waals surface area contributed by atoms with Gasteiger partial charge in [-0.1, -0.05) is 32.4 Å². The van der Waals surface area contributed by atoms with E-state index in [-0.39, 0.29) is 17.3 Å². The molecule has 0 amide bonds. The Morgan fingerprint density at radius 1 is 1.41 bits per heavy atom. The van der Waals surface area contributed by atoms with Gasteiger partial charge in [0.05, 0.1) is 0 Å². The molecule has 1 aromatic carbocycles. The predicted molar refractivity (Wildman–Crippen MR) is 69.2 cm³/mol. The summed E-state index contributed by atoms with van der Waals surface area (Å²) in [6, 6.07) is 5.36. The summed E-state index contributed by atoms with van der Waals surface area (Å²) in [7, 11) is 0. The second-order valence-electron chi connectivity index (χ2n) is 6.02. The van der Waals surface area contributed by atoms with Crippen molar-refractivity contribution >= 4 is 0 Å². The third kappa shape index (κ3) is 2.37. The summed E-state index contributed by atoms with van der Waals surface area (Å²) >= 11 is 0. The van der Waals surface area contributed by atoms with Gasteiger partial charge in [0.15, 0.2) is 0 Å². The SMILES string of the molecule is Cc1ccc(C(N)C2CCCC2(C)C)cc1F. The molecule has 94 valence electrons. The fourth-order valence-electron chi connectivity index (χ4n) is 3.07. The fourth-order valence-corrected chi connectivity index (χ4v) is 3.07. The molecule has 0 saturated heterocycles. The van der Waals surface area contributed by atoms with Crippen LogP contribution in [0.3, 0.4) is 0 Å². The molecule has 2 heteroatoms. The Labute approximate surface area is 103 Å². The monoisotopic (exact) mass is 235 g/mol. The van der Waals surface area contributed by atoms with Crippen LogP contribution in [0.5, 0.6) is 0 Å². The maximum absolute atomic E-state index is 13.6. The zero-order valence-corrected chi connectivity index (χ0v) is 11.0. The van der Waals surface area contributed by atoms with Crippen LogP contribution in [0.2, 0.25) is 0 Å². The minimum atomic E-state index is -0.145. The van der Waals surface area contributed by atoms with Gasteiger partial charge < -0.3 is 5.73 Å². The smallest absolute Gasteiger partial charge is 0.126 e. The third-order valence-electron chi connectivity index (χ3n) is 4.35. The molecule has 2 N–H and O–H groups in total. The Bertz CT molecular complexity index is 411. The zero-order valence-electron chi connectivity index (χ0n) is 11.0. The van der Waals surface area contributed by atoms with Gasteiger partial charge in [0.1, 0.15) is 5.82 Å². The highest BCUT2D eigenvalue weighted by Crippen LogP contribution is 2.47. The number of halogens is 1. The fraction of sp³-hybridized carbons (Fsp3) is 0.600. The van der Waals surface area contributed by atoms with Crippen LogP contribution in [0.25, 0.3) is 0 Å². The van der Waals surface area contributed by atoms with Crippen molar-refractivity contribution in [2.45, 2.75) is 46.1 Å². The molecule has 1 aliphatic rings. The average molecular weight is 235 g/mol. The molecule has 0 heterocycles. The molecule has 1 aromatic rings. The van der Waals surface area contributed by atoms with Crippen LogP contribution in [0, 0.1) is 24.1 Å². The lowest BCUT2D eigenvalue weighted by atomic mass is 9.76. The van der Waals surface area contributed by atoms with Crippen LogP contribution in [-0.4, -0.2) is 0 Å². The first-order chi connectivity index (χ1) is 7.92. The molecule has 1 fully saturated rings. The Hall–Kier alpha value is -0.890. The van der Waals surface area contributed by atoms with Crippen molar-refractivity contribution in [3.8, 4) is 0 Å². The lowest BCUT2D eigenvalue weighted by Gasteiger charge is -2.32. The minimum absolute atomic E-state index is 0.0393. The van der Waals surface area contributed by atoms with Gasteiger partial charge in [-0.05, 0) is 48.3 Å². The first-order valence-corrected chi connectivity index (χ1v) is 6.43. The van der Waals surface area contributed by atoms with Crippen LogP contribution in [0.1, 0.15) is 50.3 Å². The van der Waals surface area contributed by atoms with Crippen molar-refractivity contribution in [2.24, 2.45) is 17.1 Å². The number of rotatable bonds is 2. The number of benzene rings is 1. The van der Waals surface area contributed by atoms with Crippen LogP contribution in [0.4, 0.5) is 4.39 Å². The highest BCUT2D eigenvalue weighted by molar-refractivity contribution is 5.26. The van der Waals surface area contributed by atoms with Crippen molar-refractivity contribution in [2.75, 3.05) is 0 Å². The molecule has 0 spiro atoms. The topological polar surface area (TPSA) is 26.0 Å². The number of hydrogen-bond acceptors (Lipinski definition) is 1. The summed E-state index contributed by atoms with van der Waals surface area (Å²) in [4.78, 5) is 0. The van der Waals surface area contributed by atoms with Crippen molar-refractivity contribution in [3.63, 3.8) is 0 Å². The second kappa shape index (κ2) is 4.41. The van der Waals surface area contributed by atoms with Crippen molar-refractivity contribution in [1.82, 2.24) is 0 Å². The maximum atomic E-state index is 13.6. The van der Waals surface area contributed by atoms with E-state index in [0.29, 0.717) is 11.5 Å². The predicted octanol–water partition coefficient (Wildman–Crippen LogP) is 3.96. The summed E-state index contributed by atoms with van der Waals surface area (Å²) in [5.41, 5.74) is 8.23. The van der Waals surface area contributed by atoms with E-state index < -0.39 is 0 Å². The zero-order chi connectivity index (χ0) is 12.6. The summed E-state index contributed by atoms with van der Waals surface area (Å²) in [6.07, 6.45) is 3.61.